The Kier molecular flexibility index (Phi) is 4.70. The number of hydrogen-bond donors (Lipinski definition) is 1. The monoisotopic (exact) mass is 276 g/mol. The van der Waals surface area contributed by atoms with Crippen molar-refractivity contribution in [2.24, 2.45) is 0 Å². The summed E-state index contributed by atoms with van der Waals surface area (Å²) < 4.78 is 16.2. The molecule has 1 unspecified atom stereocenters. The summed E-state index contributed by atoms with van der Waals surface area (Å²) >= 11 is 0. The van der Waals surface area contributed by atoms with E-state index in [0.29, 0.717) is 18.8 Å². The van der Waals surface area contributed by atoms with E-state index >= 15 is 0 Å². The van der Waals surface area contributed by atoms with Gasteiger partial charge in [-0.25, -0.2) is 0 Å². The van der Waals surface area contributed by atoms with Crippen LogP contribution < -0.4 is 19.5 Å². The van der Waals surface area contributed by atoms with Crippen LogP contribution in [-0.2, 0) is 0 Å². The van der Waals surface area contributed by atoms with E-state index < -0.39 is 5.54 Å². The smallest absolute Gasteiger partial charge is 0.231 e. The maximum absolute atomic E-state index is 9.23. The molecular formula is C15H20N2O3. The molecule has 0 radical (unpaired) electrons. The van der Waals surface area contributed by atoms with E-state index in [0.717, 1.165) is 24.5 Å². The van der Waals surface area contributed by atoms with E-state index in [4.69, 9.17) is 14.2 Å². The van der Waals surface area contributed by atoms with Crippen LogP contribution in [0, 0.1) is 11.3 Å². The van der Waals surface area contributed by atoms with Crippen LogP contribution in [0.1, 0.15) is 26.7 Å². The standard InChI is InChI=1S/C15H20N2O3/c1-3-7-17-15(2,10-16)6-8-18-12-4-5-13-14(9-12)20-11-19-13/h4-5,9,17H,3,6-8,11H2,1-2H3. The van der Waals surface area contributed by atoms with Gasteiger partial charge in [0, 0.05) is 12.5 Å². The first kappa shape index (κ1) is 14.5. The second-order valence-corrected chi connectivity index (χ2v) is 4.98. The van der Waals surface area contributed by atoms with Gasteiger partial charge in [-0.15, -0.1) is 0 Å². The molecule has 0 aromatic heterocycles. The molecule has 0 bridgehead atoms. The molecule has 1 aliphatic heterocycles. The second kappa shape index (κ2) is 6.49. The third-order valence-corrected chi connectivity index (χ3v) is 3.23. The van der Waals surface area contributed by atoms with E-state index in [1.54, 1.807) is 0 Å². The summed E-state index contributed by atoms with van der Waals surface area (Å²) in [6.45, 7) is 5.53. The van der Waals surface area contributed by atoms with Gasteiger partial charge in [-0.1, -0.05) is 6.92 Å². The van der Waals surface area contributed by atoms with Gasteiger partial charge >= 0.3 is 0 Å². The van der Waals surface area contributed by atoms with Gasteiger partial charge < -0.3 is 14.2 Å². The maximum Gasteiger partial charge on any atom is 0.231 e. The van der Waals surface area contributed by atoms with Crippen molar-refractivity contribution in [3.8, 4) is 23.3 Å². The zero-order valence-electron chi connectivity index (χ0n) is 11.9. The van der Waals surface area contributed by atoms with Gasteiger partial charge in [0.25, 0.3) is 0 Å². The molecule has 0 saturated carbocycles. The largest absolute Gasteiger partial charge is 0.493 e. The van der Waals surface area contributed by atoms with Gasteiger partial charge in [0.05, 0.1) is 12.7 Å². The highest BCUT2D eigenvalue weighted by Crippen LogP contribution is 2.35. The Balaban J connectivity index is 1.84. The number of nitriles is 1. The number of nitrogens with one attached hydrogen (secondary N) is 1. The van der Waals surface area contributed by atoms with Gasteiger partial charge in [-0.2, -0.15) is 5.26 Å². The summed E-state index contributed by atoms with van der Waals surface area (Å²) in [4.78, 5) is 0. The molecule has 5 heteroatoms. The lowest BCUT2D eigenvalue weighted by Gasteiger charge is -2.23. The van der Waals surface area contributed by atoms with Gasteiger partial charge in [0.1, 0.15) is 11.3 Å². The highest BCUT2D eigenvalue weighted by atomic mass is 16.7. The molecule has 1 aromatic rings. The molecule has 1 atom stereocenters. The number of hydrogen-bond acceptors (Lipinski definition) is 5. The van der Waals surface area contributed by atoms with Crippen LogP contribution in [0.2, 0.25) is 0 Å². The lowest BCUT2D eigenvalue weighted by molar-refractivity contribution is 0.173. The molecule has 0 aliphatic carbocycles. The third kappa shape index (κ3) is 3.55. The zero-order valence-corrected chi connectivity index (χ0v) is 11.9. The van der Waals surface area contributed by atoms with Crippen molar-refractivity contribution in [1.29, 1.82) is 5.26 Å². The van der Waals surface area contributed by atoms with Crippen molar-refractivity contribution in [3.63, 3.8) is 0 Å². The molecular weight excluding hydrogens is 256 g/mol. The van der Waals surface area contributed by atoms with Crippen molar-refractivity contribution in [2.75, 3.05) is 19.9 Å². The van der Waals surface area contributed by atoms with Gasteiger partial charge in [-0.05, 0) is 32.0 Å². The van der Waals surface area contributed by atoms with Crippen LogP contribution in [0.25, 0.3) is 0 Å². The first-order chi connectivity index (χ1) is 9.67. The Morgan fingerprint density at radius 3 is 2.95 bits per heavy atom. The fourth-order valence-electron chi connectivity index (χ4n) is 1.92. The third-order valence-electron chi connectivity index (χ3n) is 3.23. The van der Waals surface area contributed by atoms with Gasteiger partial charge in [0.15, 0.2) is 11.5 Å². The Labute approximate surface area is 119 Å². The molecule has 1 heterocycles. The first-order valence-corrected chi connectivity index (χ1v) is 6.85. The van der Waals surface area contributed by atoms with Crippen molar-refractivity contribution >= 4 is 0 Å². The molecule has 0 spiro atoms. The summed E-state index contributed by atoms with van der Waals surface area (Å²) in [5.41, 5.74) is -0.549. The number of benzene rings is 1. The molecule has 0 fully saturated rings. The minimum Gasteiger partial charge on any atom is -0.493 e. The molecule has 5 nitrogen and oxygen atoms in total. The normalized spacial score (nSPS) is 15.4. The van der Waals surface area contributed by atoms with Crippen molar-refractivity contribution in [3.05, 3.63) is 18.2 Å². The summed E-state index contributed by atoms with van der Waals surface area (Å²) in [5.74, 6) is 2.17. The van der Waals surface area contributed by atoms with Gasteiger partial charge in [0.2, 0.25) is 6.79 Å². The van der Waals surface area contributed by atoms with E-state index in [1.165, 1.54) is 0 Å². The SMILES string of the molecule is CCCNC(C)(C#N)CCOc1ccc2c(c1)OCO2. The molecule has 0 amide bonds. The average molecular weight is 276 g/mol. The predicted octanol–water partition coefficient (Wildman–Crippen LogP) is 2.47. The van der Waals surface area contributed by atoms with E-state index in [-0.39, 0.29) is 6.79 Å². The van der Waals surface area contributed by atoms with Crippen LogP contribution >= 0.6 is 0 Å². The highest BCUT2D eigenvalue weighted by molar-refractivity contribution is 5.46. The molecule has 2 rings (SSSR count). The quantitative estimate of drug-likeness (QED) is 0.828. The first-order valence-electron chi connectivity index (χ1n) is 6.85. The van der Waals surface area contributed by atoms with Crippen molar-refractivity contribution in [1.82, 2.24) is 5.32 Å². The van der Waals surface area contributed by atoms with Crippen molar-refractivity contribution < 1.29 is 14.2 Å². The van der Waals surface area contributed by atoms with Crippen LogP contribution in [0.4, 0.5) is 0 Å². The summed E-state index contributed by atoms with van der Waals surface area (Å²) in [6, 6.07) is 7.79. The summed E-state index contributed by atoms with van der Waals surface area (Å²) in [7, 11) is 0. The molecule has 0 saturated heterocycles. The van der Waals surface area contributed by atoms with Crippen LogP contribution in [-0.4, -0.2) is 25.5 Å². The molecule has 1 aliphatic rings. The van der Waals surface area contributed by atoms with E-state index in [2.05, 4.69) is 18.3 Å². The Hall–Kier alpha value is -1.93. The van der Waals surface area contributed by atoms with Gasteiger partial charge in [-0.3, -0.25) is 5.32 Å². The highest BCUT2D eigenvalue weighted by Gasteiger charge is 2.22. The van der Waals surface area contributed by atoms with E-state index in [9.17, 15) is 5.26 Å². The van der Waals surface area contributed by atoms with Crippen LogP contribution in [0.15, 0.2) is 18.2 Å². The average Bonchev–Trinajstić information content (AvgIpc) is 2.93. The number of ether oxygens (including phenoxy) is 3. The molecule has 20 heavy (non-hydrogen) atoms. The lowest BCUT2D eigenvalue weighted by Crippen LogP contribution is -2.42. The minimum atomic E-state index is -0.549. The molecule has 1 N–H and O–H groups in total. The Morgan fingerprint density at radius 1 is 1.40 bits per heavy atom. The number of rotatable bonds is 7. The zero-order chi connectivity index (χ0) is 14.4. The Morgan fingerprint density at radius 2 is 2.20 bits per heavy atom. The fraction of sp³-hybridized carbons (Fsp3) is 0.533. The second-order valence-electron chi connectivity index (χ2n) is 4.98. The minimum absolute atomic E-state index is 0.256. The topological polar surface area (TPSA) is 63.5 Å². The maximum atomic E-state index is 9.23. The Bertz CT molecular complexity index is 498. The van der Waals surface area contributed by atoms with Crippen LogP contribution in [0.3, 0.4) is 0 Å². The fourth-order valence-corrected chi connectivity index (χ4v) is 1.92. The summed E-state index contributed by atoms with van der Waals surface area (Å²) in [6.07, 6.45) is 1.62. The molecule has 108 valence electrons. The number of fused-ring (bicyclic) bond motifs is 1. The number of nitrogens with zero attached hydrogens (tertiary/aromatic N) is 1. The predicted molar refractivity (Wildman–Crippen MR) is 75.0 cm³/mol. The summed E-state index contributed by atoms with van der Waals surface area (Å²) in [5, 5.41) is 12.5. The lowest BCUT2D eigenvalue weighted by atomic mass is 10.0. The van der Waals surface area contributed by atoms with E-state index in [1.807, 2.05) is 25.1 Å². The van der Waals surface area contributed by atoms with Crippen molar-refractivity contribution in [2.45, 2.75) is 32.2 Å². The molecule has 1 aromatic carbocycles. The van der Waals surface area contributed by atoms with Crippen LogP contribution in [0.5, 0.6) is 17.2 Å².